The lowest BCUT2D eigenvalue weighted by Crippen LogP contribution is -2.63. The Morgan fingerprint density at radius 3 is 2.65 bits per heavy atom. The molecule has 2 aromatic heterocycles. The molecule has 0 radical (unpaired) electrons. The van der Waals surface area contributed by atoms with Crippen LogP contribution in [-0.2, 0) is 46.4 Å². The Kier molecular flexibility index (Phi) is 14.7. The van der Waals surface area contributed by atoms with E-state index in [4.69, 9.17) is 24.0 Å². The third-order valence-corrected chi connectivity index (χ3v) is 14.5. The number of aromatic nitrogens is 2. The molecule has 4 fully saturated rings. The number of anilines is 1. The number of carbonyl (C=O) groups is 4. The number of methoxy groups -OCH3 is 1. The van der Waals surface area contributed by atoms with Gasteiger partial charge in [0, 0.05) is 93.5 Å². The molecule has 6 bridgehead atoms. The maximum atomic E-state index is 14.8. The molecule has 6 atom stereocenters. The average molecular weight is 956 g/mol. The number of hydrazine groups is 1. The number of amides is 5. The molecule has 5 amide bonds. The lowest BCUT2D eigenvalue weighted by Gasteiger charge is -2.38. The molecular formula is C50H71N10O9+. The lowest BCUT2D eigenvalue weighted by molar-refractivity contribution is -0.835. The molecule has 8 rings (SSSR count). The Labute approximate surface area is 404 Å². The van der Waals surface area contributed by atoms with Gasteiger partial charge in [0.05, 0.1) is 48.2 Å². The first-order valence-corrected chi connectivity index (χ1v) is 24.5. The second-order valence-electron chi connectivity index (χ2n) is 20.5. The SMILES string of the molecule is C=CC(=O)N1CO[C@]2(CCN(C(=O)N(C)[C@H](C(=O)N[C@H]3C[C@H]4CN(CCO4)c4ccc5c(c4)c(c(-c4cccnc4[C@H](C)OC)n5CC)CC(C)(C)CO[N+](=O)[C@@H]4CCCN(N4)C3=O)C(C)C)C2)C1. The molecular weight excluding hydrogens is 885 g/mol. The molecule has 5 aliphatic heterocycles. The fourth-order valence-corrected chi connectivity index (χ4v) is 10.9. The Hall–Kier alpha value is -5.63. The Balaban J connectivity index is 1.10. The molecule has 19 nitrogen and oxygen atoms in total. The highest BCUT2D eigenvalue weighted by atomic mass is 16.8. The van der Waals surface area contributed by atoms with Gasteiger partial charge >= 0.3 is 12.2 Å². The second-order valence-corrected chi connectivity index (χ2v) is 20.5. The first kappa shape index (κ1) is 49.8. The number of aryl methyl sites for hydroxylation is 1. The van der Waals surface area contributed by atoms with Crippen LogP contribution in [0.2, 0.25) is 0 Å². The monoisotopic (exact) mass is 956 g/mol. The van der Waals surface area contributed by atoms with Crippen molar-refractivity contribution in [3.8, 4) is 11.3 Å². The highest BCUT2D eigenvalue weighted by Crippen LogP contribution is 2.42. The third kappa shape index (κ3) is 10.2. The van der Waals surface area contributed by atoms with Crippen molar-refractivity contribution in [1.82, 2.24) is 40.0 Å². The van der Waals surface area contributed by atoms with Crippen LogP contribution in [0.3, 0.4) is 0 Å². The van der Waals surface area contributed by atoms with Crippen LogP contribution < -0.4 is 15.6 Å². The van der Waals surface area contributed by atoms with Gasteiger partial charge < -0.3 is 43.7 Å². The van der Waals surface area contributed by atoms with Crippen molar-refractivity contribution in [2.24, 2.45) is 11.3 Å². The molecule has 7 heterocycles. The van der Waals surface area contributed by atoms with Crippen molar-refractivity contribution in [1.29, 1.82) is 0 Å². The number of nitrogens with zero attached hydrogens (tertiary/aromatic N) is 8. The van der Waals surface area contributed by atoms with Crippen LogP contribution in [-0.4, -0.2) is 161 Å². The predicted octanol–water partition coefficient (Wildman–Crippen LogP) is 4.78. The van der Waals surface area contributed by atoms with Crippen LogP contribution in [0, 0.1) is 16.2 Å². The molecule has 374 valence electrons. The van der Waals surface area contributed by atoms with E-state index in [1.807, 2.05) is 26.8 Å². The standard InChI is InChI=1S/C50H70N10O9/c1-10-42(61)57-29-50(68-31-57)18-21-56(28-50)48(64)54(8)44(32(3)4)46(62)52-39-25-35-27-55(22-23-67-35)34-16-17-40-37(24-34)38(45(58(40)11-2)36-14-12-19-51-43(36)33(5)66-9)26-49(6,7)30-69-60(65)41-15-13-20-59(53-41)47(39)63/h10,12,14,16-17,19,24,32-33,35,39,41,44,53H,1,11,13,15,18,20-23,25-31H2,2-9H3/p+1/t33-,35-,39-,41+,44-,50-/m0/s1. The van der Waals surface area contributed by atoms with Gasteiger partial charge in [-0.3, -0.25) is 24.4 Å². The van der Waals surface area contributed by atoms with Gasteiger partial charge in [0.25, 0.3) is 5.91 Å². The fraction of sp³-hybridized carbons (Fsp3) is 0.620. The van der Waals surface area contributed by atoms with E-state index in [2.05, 4.69) is 71.8 Å². The number of carbonyl (C=O) groups excluding carboxylic acids is 4. The van der Waals surface area contributed by atoms with Crippen LogP contribution in [0.15, 0.2) is 49.2 Å². The van der Waals surface area contributed by atoms with Crippen LogP contribution in [0.5, 0.6) is 0 Å². The van der Waals surface area contributed by atoms with E-state index in [-0.39, 0.29) is 50.3 Å². The summed E-state index contributed by atoms with van der Waals surface area (Å²) in [7, 11) is 3.29. The summed E-state index contributed by atoms with van der Waals surface area (Å²) in [6.45, 7) is 19.3. The number of likely N-dealkylation sites (tertiary alicyclic amines) is 1. The average Bonchev–Trinajstić information content (AvgIpc) is 4.06. The molecule has 0 aliphatic carbocycles. The number of likely N-dealkylation sites (N-methyl/N-ethyl adjacent to an activating group) is 1. The summed E-state index contributed by atoms with van der Waals surface area (Å²) in [6, 6.07) is 8.22. The zero-order valence-corrected chi connectivity index (χ0v) is 41.6. The number of benzene rings is 1. The van der Waals surface area contributed by atoms with Crippen LogP contribution in [0.1, 0.15) is 84.6 Å². The minimum absolute atomic E-state index is 0.0977. The number of rotatable bonds is 9. The fourth-order valence-electron chi connectivity index (χ4n) is 10.9. The van der Waals surface area contributed by atoms with Gasteiger partial charge in [-0.05, 0) is 81.0 Å². The molecule has 0 unspecified atom stereocenters. The molecule has 1 spiro atoms. The zero-order chi connectivity index (χ0) is 49.4. The normalized spacial score (nSPS) is 25.1. The molecule has 4 saturated heterocycles. The van der Waals surface area contributed by atoms with Gasteiger partial charge in [-0.2, -0.15) is 5.43 Å². The van der Waals surface area contributed by atoms with Gasteiger partial charge in [-0.25, -0.2) is 9.63 Å². The molecule has 0 saturated carbocycles. The number of ether oxygens (including phenoxy) is 3. The summed E-state index contributed by atoms with van der Waals surface area (Å²) in [5, 5.41) is 5.56. The Bertz CT molecular complexity index is 2440. The largest absolute Gasteiger partial charge is 0.375 e. The number of fused-ring (bicyclic) bond motifs is 6. The summed E-state index contributed by atoms with van der Waals surface area (Å²) in [5.74, 6) is -1.48. The minimum Gasteiger partial charge on any atom is -0.375 e. The van der Waals surface area contributed by atoms with Crippen molar-refractivity contribution in [3.63, 3.8) is 0 Å². The first-order valence-electron chi connectivity index (χ1n) is 24.5. The number of nitrogens with one attached hydrogen (secondary N) is 2. The topological polar surface area (TPSA) is 183 Å². The van der Waals surface area contributed by atoms with Gasteiger partial charge in [-0.15, -0.1) is 0 Å². The van der Waals surface area contributed by atoms with Gasteiger partial charge in [0.15, 0.2) is 6.61 Å². The Morgan fingerprint density at radius 1 is 1.13 bits per heavy atom. The van der Waals surface area contributed by atoms with Gasteiger partial charge in [-0.1, -0.05) is 34.3 Å². The second kappa shape index (κ2) is 20.4. The number of morpholine rings is 1. The van der Waals surface area contributed by atoms with Crippen LogP contribution >= 0.6 is 0 Å². The van der Waals surface area contributed by atoms with Crippen LogP contribution in [0.25, 0.3) is 22.2 Å². The minimum atomic E-state index is -1.08. The van der Waals surface area contributed by atoms with E-state index >= 15 is 0 Å². The maximum absolute atomic E-state index is 14.8. The quantitative estimate of drug-likeness (QED) is 0.281. The molecule has 2 N–H and O–H groups in total. The van der Waals surface area contributed by atoms with Crippen LogP contribution in [0.4, 0.5) is 10.5 Å². The van der Waals surface area contributed by atoms with Crippen molar-refractivity contribution in [3.05, 3.63) is 65.3 Å². The van der Waals surface area contributed by atoms with E-state index in [1.54, 1.807) is 30.2 Å². The van der Waals surface area contributed by atoms with E-state index in [0.29, 0.717) is 76.5 Å². The molecule has 1 aromatic carbocycles. The molecule has 69 heavy (non-hydrogen) atoms. The smallest absolute Gasteiger partial charge is 0.326 e. The first-order chi connectivity index (χ1) is 33.0. The third-order valence-electron chi connectivity index (χ3n) is 14.5. The molecule has 5 aliphatic rings. The summed E-state index contributed by atoms with van der Waals surface area (Å²) in [6.07, 6.45) is 3.64. The van der Waals surface area contributed by atoms with E-state index in [0.717, 1.165) is 39.1 Å². The summed E-state index contributed by atoms with van der Waals surface area (Å²) < 4.78 is 20.6. The highest BCUT2D eigenvalue weighted by Gasteiger charge is 2.49. The lowest BCUT2D eigenvalue weighted by atomic mass is 9.84. The van der Waals surface area contributed by atoms with Crippen molar-refractivity contribution < 1.29 is 43.1 Å². The number of urea groups is 1. The number of pyridine rings is 1. The summed E-state index contributed by atoms with van der Waals surface area (Å²) in [5.41, 5.74) is 7.95. The van der Waals surface area contributed by atoms with E-state index in [9.17, 15) is 24.1 Å². The van der Waals surface area contributed by atoms with Crippen molar-refractivity contribution >= 4 is 40.3 Å². The molecule has 19 heteroatoms. The van der Waals surface area contributed by atoms with E-state index in [1.165, 1.54) is 16.0 Å². The predicted molar refractivity (Wildman–Crippen MR) is 258 cm³/mol. The van der Waals surface area contributed by atoms with Gasteiger partial charge in [0.2, 0.25) is 16.7 Å². The summed E-state index contributed by atoms with van der Waals surface area (Å²) in [4.78, 5) is 88.2. The maximum Gasteiger partial charge on any atom is 0.326 e. The summed E-state index contributed by atoms with van der Waals surface area (Å²) >= 11 is 0. The van der Waals surface area contributed by atoms with Crippen molar-refractivity contribution in [2.45, 2.75) is 116 Å². The zero-order valence-electron chi connectivity index (χ0n) is 41.6. The Morgan fingerprint density at radius 2 is 1.91 bits per heavy atom. The number of hydrogen-bond donors (Lipinski definition) is 2. The molecule has 3 aromatic rings. The highest BCUT2D eigenvalue weighted by molar-refractivity contribution is 5.95. The number of hydrogen-bond acceptors (Lipinski definition) is 12. The van der Waals surface area contributed by atoms with E-state index < -0.39 is 47.2 Å². The van der Waals surface area contributed by atoms with Gasteiger partial charge in [0.1, 0.15) is 24.4 Å². The van der Waals surface area contributed by atoms with Crippen molar-refractivity contribution in [2.75, 3.05) is 78.3 Å².